The first-order valence-corrected chi connectivity index (χ1v) is 8.43. The lowest BCUT2D eigenvalue weighted by Crippen LogP contribution is -2.25. The van der Waals surface area contributed by atoms with Crippen molar-refractivity contribution in [1.29, 1.82) is 0 Å². The van der Waals surface area contributed by atoms with E-state index in [9.17, 15) is 0 Å². The number of halogens is 1. The van der Waals surface area contributed by atoms with Crippen LogP contribution in [0.25, 0.3) is 0 Å². The highest BCUT2D eigenvalue weighted by molar-refractivity contribution is 6.21. The van der Waals surface area contributed by atoms with Crippen LogP contribution < -0.4 is 0 Å². The fourth-order valence-corrected chi connectivity index (χ4v) is 2.90. The number of likely N-dealkylation sites (N-methyl/N-ethyl adjacent to an activating group) is 1. The molecule has 2 aromatic rings. The van der Waals surface area contributed by atoms with Crippen molar-refractivity contribution in [1.82, 2.24) is 9.88 Å². The number of hydrogen-bond acceptors (Lipinski definition) is 2. The molecule has 1 aromatic heterocycles. The van der Waals surface area contributed by atoms with E-state index in [0.29, 0.717) is 0 Å². The maximum atomic E-state index is 6.56. The van der Waals surface area contributed by atoms with E-state index in [1.54, 1.807) is 0 Å². The third kappa shape index (κ3) is 5.43. The predicted molar refractivity (Wildman–Crippen MR) is 94.5 cm³/mol. The molecular formula is C19H25ClN2. The average Bonchev–Trinajstić information content (AvgIpc) is 2.55. The van der Waals surface area contributed by atoms with Crippen LogP contribution in [-0.2, 0) is 12.8 Å². The van der Waals surface area contributed by atoms with Crippen molar-refractivity contribution in [2.45, 2.75) is 31.6 Å². The van der Waals surface area contributed by atoms with Gasteiger partial charge in [0.1, 0.15) is 0 Å². The molecule has 1 unspecified atom stereocenters. The fraction of sp³-hybridized carbons (Fsp3) is 0.421. The van der Waals surface area contributed by atoms with Crippen molar-refractivity contribution < 1.29 is 0 Å². The lowest BCUT2D eigenvalue weighted by molar-refractivity contribution is 0.338. The summed E-state index contributed by atoms with van der Waals surface area (Å²) in [6.07, 6.45) is 7.04. The van der Waals surface area contributed by atoms with Crippen LogP contribution in [-0.4, -0.2) is 30.0 Å². The first-order valence-electron chi connectivity index (χ1n) is 7.99. The first-order chi connectivity index (χ1) is 10.7. The van der Waals surface area contributed by atoms with E-state index in [1.165, 1.54) is 23.1 Å². The monoisotopic (exact) mass is 316 g/mol. The second-order valence-electron chi connectivity index (χ2n) is 5.83. The van der Waals surface area contributed by atoms with Crippen LogP contribution in [0.5, 0.6) is 0 Å². The molecule has 0 saturated carbocycles. The molecule has 0 N–H and O–H groups in total. The normalized spacial score (nSPS) is 12.5. The van der Waals surface area contributed by atoms with Gasteiger partial charge in [0.15, 0.2) is 0 Å². The molecule has 3 heteroatoms. The molecule has 1 aromatic carbocycles. The highest BCUT2D eigenvalue weighted by atomic mass is 35.5. The molecule has 0 aliphatic heterocycles. The standard InChI is InChI=1S/C19H25ClN2/c1-3-4-16-5-7-18(8-6-16)19(20)15-22(2)14-11-17-9-12-21-13-10-17/h5-10,12-13,19H,3-4,11,14-15H2,1-2H3. The summed E-state index contributed by atoms with van der Waals surface area (Å²) in [7, 11) is 2.13. The van der Waals surface area contributed by atoms with E-state index in [-0.39, 0.29) is 5.38 Å². The summed E-state index contributed by atoms with van der Waals surface area (Å²) in [5, 5.41) is 0.0399. The number of hydrogen-bond donors (Lipinski definition) is 0. The highest BCUT2D eigenvalue weighted by Crippen LogP contribution is 2.22. The lowest BCUT2D eigenvalue weighted by atomic mass is 10.1. The van der Waals surface area contributed by atoms with E-state index in [2.05, 4.69) is 60.3 Å². The van der Waals surface area contributed by atoms with Crippen LogP contribution in [0.1, 0.15) is 35.4 Å². The summed E-state index contributed by atoms with van der Waals surface area (Å²) in [5.41, 5.74) is 3.91. The smallest absolute Gasteiger partial charge is 0.0712 e. The Kier molecular flexibility index (Phi) is 6.88. The maximum Gasteiger partial charge on any atom is 0.0712 e. The summed E-state index contributed by atoms with van der Waals surface area (Å²) in [5.74, 6) is 0. The molecule has 0 saturated heterocycles. The SMILES string of the molecule is CCCc1ccc(C(Cl)CN(C)CCc2ccncc2)cc1. The van der Waals surface area contributed by atoms with E-state index in [0.717, 1.165) is 25.9 Å². The predicted octanol–water partition coefficient (Wildman–Crippen LogP) is 4.49. The van der Waals surface area contributed by atoms with Crippen LogP contribution in [0.3, 0.4) is 0 Å². The van der Waals surface area contributed by atoms with Gasteiger partial charge in [-0.05, 0) is 48.7 Å². The molecule has 1 atom stereocenters. The summed E-state index contributed by atoms with van der Waals surface area (Å²) in [6, 6.07) is 12.9. The number of nitrogens with zero attached hydrogens (tertiary/aromatic N) is 2. The van der Waals surface area contributed by atoms with Gasteiger partial charge in [0.05, 0.1) is 5.38 Å². The number of benzene rings is 1. The highest BCUT2D eigenvalue weighted by Gasteiger charge is 2.11. The summed E-state index contributed by atoms with van der Waals surface area (Å²) < 4.78 is 0. The van der Waals surface area contributed by atoms with Crippen molar-refractivity contribution in [2.75, 3.05) is 20.1 Å². The van der Waals surface area contributed by atoms with Crippen LogP contribution >= 0.6 is 11.6 Å². The van der Waals surface area contributed by atoms with Gasteiger partial charge in [-0.3, -0.25) is 4.98 Å². The maximum absolute atomic E-state index is 6.56. The zero-order valence-corrected chi connectivity index (χ0v) is 14.3. The molecule has 1 heterocycles. The van der Waals surface area contributed by atoms with Gasteiger partial charge in [0.25, 0.3) is 0 Å². The second kappa shape index (κ2) is 8.92. The van der Waals surface area contributed by atoms with Gasteiger partial charge >= 0.3 is 0 Å². The van der Waals surface area contributed by atoms with Gasteiger partial charge in [0.2, 0.25) is 0 Å². The Morgan fingerprint density at radius 1 is 1.00 bits per heavy atom. The van der Waals surface area contributed by atoms with Crippen molar-refractivity contribution in [3.8, 4) is 0 Å². The molecule has 0 aliphatic carbocycles. The Balaban J connectivity index is 1.81. The quantitative estimate of drug-likeness (QED) is 0.667. The number of rotatable bonds is 8. The van der Waals surface area contributed by atoms with E-state index < -0.39 is 0 Å². The molecule has 22 heavy (non-hydrogen) atoms. The van der Waals surface area contributed by atoms with Gasteiger partial charge in [-0.25, -0.2) is 0 Å². The van der Waals surface area contributed by atoms with Gasteiger partial charge in [-0.2, -0.15) is 0 Å². The number of aromatic nitrogens is 1. The second-order valence-corrected chi connectivity index (χ2v) is 6.35. The van der Waals surface area contributed by atoms with Crippen molar-refractivity contribution in [3.05, 3.63) is 65.5 Å². The molecule has 0 amide bonds. The summed E-state index contributed by atoms with van der Waals surface area (Å²) in [6.45, 7) is 4.07. The molecule has 0 bridgehead atoms. The number of pyridine rings is 1. The largest absolute Gasteiger partial charge is 0.304 e. The van der Waals surface area contributed by atoms with Crippen molar-refractivity contribution >= 4 is 11.6 Å². The Hall–Kier alpha value is -1.38. The van der Waals surface area contributed by atoms with Gasteiger partial charge in [0, 0.05) is 25.5 Å². The lowest BCUT2D eigenvalue weighted by Gasteiger charge is -2.20. The Morgan fingerprint density at radius 3 is 2.27 bits per heavy atom. The molecule has 2 nitrogen and oxygen atoms in total. The van der Waals surface area contributed by atoms with Crippen molar-refractivity contribution in [2.24, 2.45) is 0 Å². The zero-order chi connectivity index (χ0) is 15.8. The third-order valence-electron chi connectivity index (χ3n) is 3.88. The Labute approximate surface area is 139 Å². The van der Waals surface area contributed by atoms with Crippen molar-refractivity contribution in [3.63, 3.8) is 0 Å². The molecule has 0 radical (unpaired) electrons. The van der Waals surface area contributed by atoms with E-state index >= 15 is 0 Å². The minimum absolute atomic E-state index is 0.0399. The third-order valence-corrected chi connectivity index (χ3v) is 4.27. The molecule has 0 fully saturated rings. The molecule has 2 rings (SSSR count). The van der Waals surface area contributed by atoms with Crippen LogP contribution in [0.2, 0.25) is 0 Å². The van der Waals surface area contributed by atoms with Crippen LogP contribution in [0.15, 0.2) is 48.8 Å². The zero-order valence-electron chi connectivity index (χ0n) is 13.5. The summed E-state index contributed by atoms with van der Waals surface area (Å²) >= 11 is 6.56. The minimum Gasteiger partial charge on any atom is -0.304 e. The van der Waals surface area contributed by atoms with Crippen LogP contribution in [0.4, 0.5) is 0 Å². The number of aryl methyl sites for hydroxylation is 1. The summed E-state index contributed by atoms with van der Waals surface area (Å²) in [4.78, 5) is 6.34. The fourth-order valence-electron chi connectivity index (χ4n) is 2.52. The average molecular weight is 317 g/mol. The topological polar surface area (TPSA) is 16.1 Å². The number of alkyl halides is 1. The van der Waals surface area contributed by atoms with Gasteiger partial charge < -0.3 is 4.90 Å². The molecule has 0 spiro atoms. The Morgan fingerprint density at radius 2 is 1.64 bits per heavy atom. The molecule has 118 valence electrons. The Bertz CT molecular complexity index is 539. The van der Waals surface area contributed by atoms with E-state index in [1.807, 2.05) is 12.4 Å². The molecular weight excluding hydrogens is 292 g/mol. The van der Waals surface area contributed by atoms with E-state index in [4.69, 9.17) is 11.6 Å². The minimum atomic E-state index is 0.0399. The van der Waals surface area contributed by atoms with Gasteiger partial charge in [-0.1, -0.05) is 37.6 Å². The molecule has 0 aliphatic rings. The van der Waals surface area contributed by atoms with Gasteiger partial charge in [-0.15, -0.1) is 11.6 Å². The first kappa shape index (κ1) is 17.0. The van der Waals surface area contributed by atoms with Crippen LogP contribution in [0, 0.1) is 0 Å².